The molecular weight excluding hydrogens is 496 g/mol. The average Bonchev–Trinajstić information content (AvgIpc) is 2.91. The first-order valence-corrected chi connectivity index (χ1v) is 14.1. The molecule has 0 heterocycles. The molecule has 1 aliphatic carbocycles. The van der Waals surface area contributed by atoms with Crippen molar-refractivity contribution in [1.29, 1.82) is 0 Å². The molecule has 0 aliphatic heterocycles. The normalized spacial score (nSPS) is 17.5. The van der Waals surface area contributed by atoms with E-state index < -0.39 is 0 Å². The zero-order valence-electron chi connectivity index (χ0n) is 20.9. The Morgan fingerprint density at radius 1 is 0.833 bits per heavy atom. The molecule has 6 nitrogen and oxygen atoms in total. The summed E-state index contributed by atoms with van der Waals surface area (Å²) >= 11 is 5.92. The van der Waals surface area contributed by atoms with Gasteiger partial charge in [-0.15, -0.1) is 11.8 Å². The van der Waals surface area contributed by atoms with Gasteiger partial charge in [0.05, 0.1) is 18.4 Å². The van der Waals surface area contributed by atoms with Crippen molar-refractivity contribution in [3.63, 3.8) is 0 Å². The minimum absolute atomic E-state index is 0.195. The fourth-order valence-corrected chi connectivity index (χ4v) is 4.93. The predicted molar refractivity (Wildman–Crippen MR) is 145 cm³/mol. The van der Waals surface area contributed by atoms with Crippen molar-refractivity contribution in [2.45, 2.75) is 50.0 Å². The maximum Gasteiger partial charge on any atom is 0.314 e. The molecule has 1 saturated carbocycles. The van der Waals surface area contributed by atoms with Gasteiger partial charge in [-0.25, -0.2) is 0 Å². The maximum atomic E-state index is 12.6. The summed E-state index contributed by atoms with van der Waals surface area (Å²) in [4.78, 5) is 26.4. The summed E-state index contributed by atoms with van der Waals surface area (Å²) in [5.74, 6) is 2.01. The second-order valence-electron chi connectivity index (χ2n) is 8.83. The molecule has 8 heteroatoms. The van der Waals surface area contributed by atoms with Gasteiger partial charge in [-0.05, 0) is 86.2 Å². The smallest absolute Gasteiger partial charge is 0.314 e. The van der Waals surface area contributed by atoms with E-state index in [1.807, 2.05) is 36.4 Å². The van der Waals surface area contributed by atoms with Crippen molar-refractivity contribution < 1.29 is 28.5 Å². The molecule has 3 rings (SSSR count). The fourth-order valence-electron chi connectivity index (χ4n) is 3.97. The van der Waals surface area contributed by atoms with Crippen LogP contribution < -0.4 is 9.47 Å². The second-order valence-corrected chi connectivity index (χ2v) is 10.4. The van der Waals surface area contributed by atoms with E-state index in [1.54, 1.807) is 31.0 Å². The lowest BCUT2D eigenvalue weighted by Crippen LogP contribution is -2.30. The molecule has 0 radical (unpaired) electrons. The highest BCUT2D eigenvalue weighted by Gasteiger charge is 2.32. The fraction of sp³-hybridized carbons (Fsp3) is 0.500. The molecule has 0 saturated heterocycles. The molecule has 2 aromatic carbocycles. The number of benzene rings is 2. The number of carbonyl (C=O) groups is 2. The van der Waals surface area contributed by atoms with Gasteiger partial charge in [-0.3, -0.25) is 9.59 Å². The molecule has 36 heavy (non-hydrogen) atoms. The number of thioether (sulfide) groups is 1. The standard InChI is InChI=1S/C28H36O6S2/c1-31-16-3-19-36-26-14-12-25(13-15-26)34-28(30)23-8-6-22(7-9-23)27(29)33-24-10-4-21(5-11-24)20-32-17-2-18-35/h4-5,10-15,22-23,35H,2-3,6-9,16-20H2,1H3/t22-,23-. The van der Waals surface area contributed by atoms with Crippen molar-refractivity contribution in [3.8, 4) is 11.5 Å². The number of hydrogen-bond donors (Lipinski definition) is 1. The van der Waals surface area contributed by atoms with Gasteiger partial charge in [0.1, 0.15) is 11.5 Å². The van der Waals surface area contributed by atoms with Crippen LogP contribution in [0.25, 0.3) is 0 Å². The van der Waals surface area contributed by atoms with Crippen LogP contribution >= 0.6 is 24.4 Å². The predicted octanol–water partition coefficient (Wildman–Crippen LogP) is 5.97. The highest BCUT2D eigenvalue weighted by molar-refractivity contribution is 7.99. The van der Waals surface area contributed by atoms with Crippen LogP contribution in [0.5, 0.6) is 11.5 Å². The van der Waals surface area contributed by atoms with Gasteiger partial charge < -0.3 is 18.9 Å². The summed E-state index contributed by atoms with van der Waals surface area (Å²) in [7, 11) is 1.70. The van der Waals surface area contributed by atoms with E-state index in [2.05, 4.69) is 12.6 Å². The molecule has 0 spiro atoms. The summed E-state index contributed by atoms with van der Waals surface area (Å²) in [6.07, 6.45) is 4.39. The molecular formula is C28H36O6S2. The van der Waals surface area contributed by atoms with Gasteiger partial charge >= 0.3 is 11.9 Å². The second kappa shape index (κ2) is 16.0. The number of hydrogen-bond acceptors (Lipinski definition) is 8. The minimum atomic E-state index is -0.238. The van der Waals surface area contributed by atoms with Crippen molar-refractivity contribution >= 4 is 36.3 Å². The monoisotopic (exact) mass is 532 g/mol. The van der Waals surface area contributed by atoms with E-state index >= 15 is 0 Å². The lowest BCUT2D eigenvalue weighted by molar-refractivity contribution is -0.145. The summed E-state index contributed by atoms with van der Waals surface area (Å²) < 4.78 is 21.8. The number of methoxy groups -OCH3 is 1. The van der Waals surface area contributed by atoms with Gasteiger partial charge in [0.2, 0.25) is 0 Å². The highest BCUT2D eigenvalue weighted by Crippen LogP contribution is 2.32. The van der Waals surface area contributed by atoms with Crippen LogP contribution in [-0.4, -0.2) is 43.8 Å². The topological polar surface area (TPSA) is 71.1 Å². The molecule has 196 valence electrons. The van der Waals surface area contributed by atoms with E-state index in [0.29, 0.717) is 50.4 Å². The van der Waals surface area contributed by atoms with Gasteiger partial charge in [-0.1, -0.05) is 12.1 Å². The van der Waals surface area contributed by atoms with Crippen molar-refractivity contribution in [2.75, 3.05) is 31.8 Å². The van der Waals surface area contributed by atoms with E-state index in [1.165, 1.54) is 0 Å². The Labute approximate surface area is 223 Å². The number of ether oxygens (including phenoxy) is 4. The zero-order chi connectivity index (χ0) is 25.6. The van der Waals surface area contributed by atoms with Gasteiger partial charge in [0.25, 0.3) is 0 Å². The SMILES string of the molecule is COCCCSc1ccc(OC(=O)[C@H]2CC[C@H](C(=O)Oc3ccc(COCCCS)cc3)CC2)cc1. The number of esters is 2. The number of carbonyl (C=O) groups excluding carboxylic acids is 2. The molecule has 1 aliphatic rings. The van der Waals surface area contributed by atoms with Crippen molar-refractivity contribution in [3.05, 3.63) is 54.1 Å². The molecule has 1 fully saturated rings. The van der Waals surface area contributed by atoms with E-state index in [-0.39, 0.29) is 23.8 Å². The van der Waals surface area contributed by atoms with Crippen LogP contribution in [-0.2, 0) is 25.7 Å². The molecule has 0 atom stereocenters. The first-order chi connectivity index (χ1) is 17.6. The molecule has 0 N–H and O–H groups in total. The third kappa shape index (κ3) is 9.81. The van der Waals surface area contributed by atoms with Gasteiger partial charge in [-0.2, -0.15) is 12.6 Å². The van der Waals surface area contributed by atoms with Crippen LogP contribution in [0.1, 0.15) is 44.1 Å². The number of rotatable bonds is 14. The van der Waals surface area contributed by atoms with Crippen molar-refractivity contribution in [1.82, 2.24) is 0 Å². The molecule has 0 bridgehead atoms. The first kappa shape index (κ1) is 28.6. The summed E-state index contributed by atoms with van der Waals surface area (Å²) in [6.45, 7) is 1.96. The lowest BCUT2D eigenvalue weighted by atomic mass is 9.82. The van der Waals surface area contributed by atoms with Crippen LogP contribution in [0.2, 0.25) is 0 Å². The Bertz CT molecular complexity index is 847. The zero-order valence-corrected chi connectivity index (χ0v) is 22.6. The largest absolute Gasteiger partial charge is 0.426 e. The van der Waals surface area contributed by atoms with Crippen LogP contribution in [0, 0.1) is 11.8 Å². The molecule has 0 amide bonds. The molecule has 2 aromatic rings. The minimum Gasteiger partial charge on any atom is -0.426 e. The van der Waals surface area contributed by atoms with E-state index in [0.717, 1.165) is 41.4 Å². The lowest BCUT2D eigenvalue weighted by Gasteiger charge is -2.25. The first-order valence-electron chi connectivity index (χ1n) is 12.5. The third-order valence-electron chi connectivity index (χ3n) is 6.05. The van der Waals surface area contributed by atoms with Gasteiger partial charge in [0.15, 0.2) is 0 Å². The average molecular weight is 533 g/mol. The van der Waals surface area contributed by atoms with Crippen molar-refractivity contribution in [2.24, 2.45) is 11.8 Å². The van der Waals surface area contributed by atoms with Crippen LogP contribution in [0.4, 0.5) is 0 Å². The number of thiol groups is 1. The Morgan fingerprint density at radius 2 is 1.39 bits per heavy atom. The quantitative estimate of drug-likeness (QED) is 0.106. The Hall–Kier alpha value is -2.00. The summed E-state index contributed by atoms with van der Waals surface area (Å²) in [5, 5.41) is 0. The molecule has 0 aromatic heterocycles. The maximum absolute atomic E-state index is 12.6. The Balaban J connectivity index is 1.37. The Kier molecular flexibility index (Phi) is 12.7. The van der Waals surface area contributed by atoms with Crippen LogP contribution in [0.15, 0.2) is 53.4 Å². The summed E-state index contributed by atoms with van der Waals surface area (Å²) in [5.41, 5.74) is 1.03. The van der Waals surface area contributed by atoms with Gasteiger partial charge in [0, 0.05) is 31.0 Å². The Morgan fingerprint density at radius 3 is 1.92 bits per heavy atom. The summed E-state index contributed by atoms with van der Waals surface area (Å²) in [6, 6.07) is 15.0. The van der Waals surface area contributed by atoms with Crippen LogP contribution in [0.3, 0.4) is 0 Å². The van der Waals surface area contributed by atoms with E-state index in [9.17, 15) is 9.59 Å². The highest BCUT2D eigenvalue weighted by atomic mass is 32.2. The molecule has 0 unspecified atom stereocenters. The van der Waals surface area contributed by atoms with E-state index in [4.69, 9.17) is 18.9 Å². The third-order valence-corrected chi connectivity index (χ3v) is 7.47.